The van der Waals surface area contributed by atoms with Gasteiger partial charge in [-0.3, -0.25) is 4.18 Å². The van der Waals surface area contributed by atoms with Crippen LogP contribution in [-0.2, 0) is 14.6 Å². The fourth-order valence-corrected chi connectivity index (χ4v) is 5.08. The van der Waals surface area contributed by atoms with E-state index < -0.39 is 10.4 Å². The Bertz CT molecular complexity index is 485. The Hall–Kier alpha value is 0.870. The first-order valence-electron chi connectivity index (χ1n) is 15.2. The second-order valence-electron chi connectivity index (χ2n) is 10.4. The van der Waals surface area contributed by atoms with Crippen molar-refractivity contribution < 1.29 is 46.7 Å². The summed E-state index contributed by atoms with van der Waals surface area (Å²) in [6, 6.07) is 0. The molecule has 0 aromatic heterocycles. The van der Waals surface area contributed by atoms with Gasteiger partial charge in [-0.2, -0.15) is 0 Å². The molecule has 0 aliphatic carbocycles. The zero-order valence-corrected chi connectivity index (χ0v) is 26.7. The topological polar surface area (TPSA) is 66.4 Å². The molecule has 0 rings (SSSR count). The molecule has 4 nitrogen and oxygen atoms in total. The van der Waals surface area contributed by atoms with Crippen LogP contribution < -0.4 is 29.6 Å². The third kappa shape index (κ3) is 37.1. The summed E-state index contributed by atoms with van der Waals surface area (Å²) in [5.74, 6) is 0. The summed E-state index contributed by atoms with van der Waals surface area (Å²) in [4.78, 5) is 0. The summed E-state index contributed by atoms with van der Waals surface area (Å²) < 4.78 is 35.1. The molecule has 0 amide bonds. The molecule has 0 heterocycles. The monoisotopic (exact) mass is 526 g/mol. The molecule has 0 bridgehead atoms. The Morgan fingerprint density at radius 1 is 0.429 bits per heavy atom. The van der Waals surface area contributed by atoms with Gasteiger partial charge in [0.15, 0.2) is 0 Å². The minimum atomic E-state index is -4.50. The van der Waals surface area contributed by atoms with Gasteiger partial charge in [-0.15, -0.1) is 0 Å². The van der Waals surface area contributed by atoms with Gasteiger partial charge in [0.05, 0.1) is 6.61 Å². The van der Waals surface area contributed by atoms with Gasteiger partial charge in [-0.1, -0.05) is 174 Å². The molecule has 0 aliphatic rings. The molecular formula is C29H59NaO4S. The molecule has 0 aromatic carbocycles. The average molecular weight is 527 g/mol. The smallest absolute Gasteiger partial charge is 0.726 e. The van der Waals surface area contributed by atoms with Gasteiger partial charge >= 0.3 is 29.6 Å². The normalized spacial score (nSPS) is 11.6. The second-order valence-corrected chi connectivity index (χ2v) is 11.5. The summed E-state index contributed by atoms with van der Waals surface area (Å²) in [5, 5.41) is 0. The maximum atomic E-state index is 10.3. The van der Waals surface area contributed by atoms with Crippen molar-refractivity contribution in [3.63, 3.8) is 0 Å². The van der Waals surface area contributed by atoms with Crippen LogP contribution in [0.15, 0.2) is 0 Å². The van der Waals surface area contributed by atoms with Crippen molar-refractivity contribution in [1.82, 2.24) is 0 Å². The van der Waals surface area contributed by atoms with E-state index in [0.717, 1.165) is 12.8 Å². The quantitative estimate of drug-likeness (QED) is 0.0454. The van der Waals surface area contributed by atoms with E-state index in [1.807, 2.05) is 0 Å². The Balaban J connectivity index is 0. The molecule has 6 heteroatoms. The zero-order valence-electron chi connectivity index (χ0n) is 23.8. The molecule has 0 saturated carbocycles. The largest absolute Gasteiger partial charge is 1.00 e. The van der Waals surface area contributed by atoms with E-state index in [4.69, 9.17) is 0 Å². The van der Waals surface area contributed by atoms with Gasteiger partial charge in [-0.25, -0.2) is 8.42 Å². The van der Waals surface area contributed by atoms with Crippen molar-refractivity contribution in [2.24, 2.45) is 0 Å². The number of rotatable bonds is 29. The van der Waals surface area contributed by atoms with E-state index in [2.05, 4.69) is 11.1 Å². The standard InChI is InChI=1S/C29H60O4S.Na/c1-2-3-4-5-6-7-8-9-10-11-12-13-14-15-16-17-18-19-20-21-22-23-24-25-26-27-28-29-33-34(30,31)32;/h2-29H2,1H3,(H,30,31,32);/q;+1/p-1. The molecule has 206 valence electrons. The van der Waals surface area contributed by atoms with E-state index in [-0.39, 0.29) is 36.2 Å². The van der Waals surface area contributed by atoms with Crippen molar-refractivity contribution in [2.45, 2.75) is 180 Å². The third-order valence-corrected chi connectivity index (χ3v) is 7.43. The maximum absolute atomic E-state index is 10.3. The summed E-state index contributed by atoms with van der Waals surface area (Å²) in [6.07, 6.45) is 36.5. The molecule has 0 unspecified atom stereocenters. The average Bonchev–Trinajstić information content (AvgIpc) is 2.80. The SMILES string of the molecule is CCCCCCCCCCCCCCCCCCCCCCCCCCCCCOS(=O)(=O)[O-].[Na+]. The summed E-state index contributed by atoms with van der Waals surface area (Å²) in [5.41, 5.74) is 0. The van der Waals surface area contributed by atoms with Gasteiger partial charge in [0.2, 0.25) is 10.4 Å². The van der Waals surface area contributed by atoms with Crippen LogP contribution in [0.5, 0.6) is 0 Å². The van der Waals surface area contributed by atoms with Gasteiger partial charge < -0.3 is 4.55 Å². The Kier molecular flexibility index (Phi) is 33.8. The predicted molar refractivity (Wildman–Crippen MR) is 146 cm³/mol. The van der Waals surface area contributed by atoms with Crippen LogP contribution in [0.1, 0.15) is 180 Å². The van der Waals surface area contributed by atoms with E-state index in [1.54, 1.807) is 0 Å². The first-order chi connectivity index (χ1) is 16.6. The van der Waals surface area contributed by atoms with E-state index in [9.17, 15) is 13.0 Å². The Morgan fingerprint density at radius 2 is 0.629 bits per heavy atom. The fraction of sp³-hybridized carbons (Fsp3) is 1.00. The van der Waals surface area contributed by atoms with Crippen molar-refractivity contribution in [3.05, 3.63) is 0 Å². The number of hydrogen-bond acceptors (Lipinski definition) is 4. The molecule has 0 aromatic rings. The minimum absolute atomic E-state index is 0. The van der Waals surface area contributed by atoms with Crippen molar-refractivity contribution in [2.75, 3.05) is 6.61 Å². The van der Waals surface area contributed by atoms with E-state index in [0.29, 0.717) is 6.42 Å². The van der Waals surface area contributed by atoms with Crippen LogP contribution in [0.2, 0.25) is 0 Å². The van der Waals surface area contributed by atoms with Crippen LogP contribution in [0, 0.1) is 0 Å². The van der Waals surface area contributed by atoms with Crippen LogP contribution in [-0.4, -0.2) is 19.6 Å². The third-order valence-electron chi connectivity index (χ3n) is 6.98. The van der Waals surface area contributed by atoms with Crippen molar-refractivity contribution in [1.29, 1.82) is 0 Å². The van der Waals surface area contributed by atoms with Crippen LogP contribution in [0.3, 0.4) is 0 Å². The molecule has 35 heavy (non-hydrogen) atoms. The van der Waals surface area contributed by atoms with E-state index in [1.165, 1.54) is 154 Å². The van der Waals surface area contributed by atoms with Gasteiger partial charge in [0.1, 0.15) is 0 Å². The predicted octanol–water partition coefficient (Wildman–Crippen LogP) is 7.02. The van der Waals surface area contributed by atoms with Gasteiger partial charge in [-0.05, 0) is 6.42 Å². The maximum Gasteiger partial charge on any atom is 1.00 e. The molecule has 0 spiro atoms. The number of unbranched alkanes of at least 4 members (excludes halogenated alkanes) is 26. The summed E-state index contributed by atoms with van der Waals surface area (Å²) >= 11 is 0. The Morgan fingerprint density at radius 3 is 0.829 bits per heavy atom. The second kappa shape index (κ2) is 31.1. The van der Waals surface area contributed by atoms with Crippen LogP contribution in [0.4, 0.5) is 0 Å². The minimum Gasteiger partial charge on any atom is -0.726 e. The van der Waals surface area contributed by atoms with E-state index >= 15 is 0 Å². The molecule has 0 radical (unpaired) electrons. The van der Waals surface area contributed by atoms with Crippen LogP contribution >= 0.6 is 0 Å². The van der Waals surface area contributed by atoms with Gasteiger partial charge in [0, 0.05) is 0 Å². The van der Waals surface area contributed by atoms with Crippen molar-refractivity contribution >= 4 is 10.4 Å². The van der Waals surface area contributed by atoms with Crippen LogP contribution in [0.25, 0.3) is 0 Å². The van der Waals surface area contributed by atoms with Crippen molar-refractivity contribution in [3.8, 4) is 0 Å². The summed E-state index contributed by atoms with van der Waals surface area (Å²) in [6.45, 7) is 2.32. The zero-order chi connectivity index (χ0) is 25.0. The first kappa shape index (κ1) is 38.0. The molecular weight excluding hydrogens is 467 g/mol. The molecule has 0 aliphatic heterocycles. The first-order valence-corrected chi connectivity index (χ1v) is 16.5. The fourth-order valence-electron chi connectivity index (χ4n) is 4.76. The molecule has 0 atom stereocenters. The van der Waals surface area contributed by atoms with Gasteiger partial charge in [0.25, 0.3) is 0 Å². The molecule has 0 saturated heterocycles. The Labute approximate surface area is 242 Å². The molecule has 0 N–H and O–H groups in total. The summed E-state index contributed by atoms with van der Waals surface area (Å²) in [7, 11) is -4.50. The number of hydrogen-bond donors (Lipinski definition) is 0. The molecule has 0 fully saturated rings.